The van der Waals surface area contributed by atoms with Crippen LogP contribution in [-0.4, -0.2) is 25.4 Å². The number of anilines is 2. The lowest BCUT2D eigenvalue weighted by Crippen LogP contribution is -2.37. The molecule has 2 amide bonds. The highest BCUT2D eigenvalue weighted by Gasteiger charge is 2.51. The summed E-state index contributed by atoms with van der Waals surface area (Å²) in [4.78, 5) is 29.1. The molecule has 0 saturated carbocycles. The number of para-hydroxylation sites is 2. The van der Waals surface area contributed by atoms with Crippen molar-refractivity contribution in [2.24, 2.45) is 5.92 Å². The molecule has 4 heteroatoms. The summed E-state index contributed by atoms with van der Waals surface area (Å²) in [5.41, 5.74) is 2.66. The van der Waals surface area contributed by atoms with E-state index in [4.69, 9.17) is 0 Å². The first-order valence-corrected chi connectivity index (χ1v) is 7.41. The quantitative estimate of drug-likeness (QED) is 0.758. The lowest BCUT2D eigenvalue weighted by molar-refractivity contribution is -0.122. The molecule has 4 nitrogen and oxygen atoms in total. The van der Waals surface area contributed by atoms with E-state index in [0.717, 1.165) is 11.3 Å². The molecule has 1 saturated heterocycles. The maximum absolute atomic E-state index is 12.9. The van der Waals surface area contributed by atoms with Crippen LogP contribution < -0.4 is 9.80 Å². The van der Waals surface area contributed by atoms with Gasteiger partial charge in [0.25, 0.3) is 0 Å². The van der Waals surface area contributed by atoms with Crippen LogP contribution in [0.5, 0.6) is 0 Å². The summed E-state index contributed by atoms with van der Waals surface area (Å²) in [5.74, 6) is -0.864. The van der Waals surface area contributed by atoms with E-state index in [1.807, 2.05) is 61.6 Å². The zero-order chi connectivity index (χ0) is 15.3. The average molecular weight is 292 g/mol. The van der Waals surface area contributed by atoms with Gasteiger partial charge in [-0.05, 0) is 23.8 Å². The second kappa shape index (κ2) is 4.70. The average Bonchev–Trinajstić information content (AvgIpc) is 2.80. The number of imide groups is 1. The smallest absolute Gasteiger partial charge is 0.242 e. The van der Waals surface area contributed by atoms with Crippen molar-refractivity contribution >= 4 is 23.2 Å². The van der Waals surface area contributed by atoms with Crippen LogP contribution >= 0.6 is 0 Å². The van der Waals surface area contributed by atoms with Gasteiger partial charge >= 0.3 is 0 Å². The minimum atomic E-state index is -0.361. The van der Waals surface area contributed by atoms with Crippen molar-refractivity contribution in [1.82, 2.24) is 0 Å². The molecule has 0 aromatic heterocycles. The summed E-state index contributed by atoms with van der Waals surface area (Å²) in [5, 5.41) is 0. The standard InChI is InChI=1S/C18H16N2O2/c1-19-11-14-16(13-9-5-6-10-15(13)19)18(22)20(17(14)21)12-7-3-2-4-8-12/h2-10,14,16H,11H2,1H3/t14-,16+/m0/s1. The number of carbonyl (C=O) groups is 2. The van der Waals surface area contributed by atoms with Crippen molar-refractivity contribution in [2.75, 3.05) is 23.4 Å². The van der Waals surface area contributed by atoms with Crippen LogP contribution in [0.2, 0.25) is 0 Å². The van der Waals surface area contributed by atoms with Crippen molar-refractivity contribution in [3.05, 3.63) is 60.2 Å². The maximum atomic E-state index is 12.9. The molecule has 4 rings (SSSR count). The minimum Gasteiger partial charge on any atom is -0.374 e. The zero-order valence-corrected chi connectivity index (χ0v) is 12.3. The van der Waals surface area contributed by atoms with Gasteiger partial charge in [-0.15, -0.1) is 0 Å². The Kier molecular flexibility index (Phi) is 2.79. The second-order valence-corrected chi connectivity index (χ2v) is 5.87. The highest BCUT2D eigenvalue weighted by molar-refractivity contribution is 6.24. The Balaban J connectivity index is 1.83. The van der Waals surface area contributed by atoms with Crippen molar-refractivity contribution in [1.29, 1.82) is 0 Å². The first-order valence-electron chi connectivity index (χ1n) is 7.41. The maximum Gasteiger partial charge on any atom is 0.242 e. The van der Waals surface area contributed by atoms with E-state index < -0.39 is 0 Å². The zero-order valence-electron chi connectivity index (χ0n) is 12.3. The molecule has 0 unspecified atom stereocenters. The molecule has 2 aliphatic rings. The van der Waals surface area contributed by atoms with Crippen molar-refractivity contribution in [3.8, 4) is 0 Å². The summed E-state index contributed by atoms with van der Waals surface area (Å²) in [6, 6.07) is 17.0. The van der Waals surface area contributed by atoms with Crippen LogP contribution in [0.15, 0.2) is 54.6 Å². The normalized spacial score (nSPS) is 23.5. The Morgan fingerprint density at radius 3 is 2.36 bits per heavy atom. The fraction of sp³-hybridized carbons (Fsp3) is 0.222. The number of fused-ring (bicyclic) bond motifs is 3. The molecule has 2 atom stereocenters. The largest absolute Gasteiger partial charge is 0.374 e. The number of amides is 2. The van der Waals surface area contributed by atoms with Crippen LogP contribution in [0.3, 0.4) is 0 Å². The summed E-state index contributed by atoms with van der Waals surface area (Å²) < 4.78 is 0. The van der Waals surface area contributed by atoms with Crippen LogP contribution in [0.1, 0.15) is 11.5 Å². The number of carbonyl (C=O) groups excluding carboxylic acids is 2. The second-order valence-electron chi connectivity index (χ2n) is 5.87. The molecule has 0 spiro atoms. The van der Waals surface area contributed by atoms with Gasteiger partial charge in [-0.25, -0.2) is 4.90 Å². The predicted octanol–water partition coefficient (Wildman–Crippen LogP) is 2.41. The molecule has 2 aliphatic heterocycles. The van der Waals surface area contributed by atoms with Crippen LogP contribution in [0, 0.1) is 5.92 Å². The Morgan fingerprint density at radius 2 is 1.59 bits per heavy atom. The first-order chi connectivity index (χ1) is 10.7. The van der Waals surface area contributed by atoms with E-state index >= 15 is 0 Å². The summed E-state index contributed by atoms with van der Waals surface area (Å²) in [6.07, 6.45) is 0. The van der Waals surface area contributed by atoms with E-state index in [0.29, 0.717) is 12.2 Å². The molecule has 0 aliphatic carbocycles. The van der Waals surface area contributed by atoms with Gasteiger partial charge < -0.3 is 4.90 Å². The van der Waals surface area contributed by atoms with Crippen LogP contribution in [0.25, 0.3) is 0 Å². The minimum absolute atomic E-state index is 0.0949. The van der Waals surface area contributed by atoms with Gasteiger partial charge in [0.15, 0.2) is 0 Å². The molecule has 0 radical (unpaired) electrons. The Morgan fingerprint density at radius 1 is 0.909 bits per heavy atom. The van der Waals surface area contributed by atoms with Gasteiger partial charge in [0, 0.05) is 19.3 Å². The van der Waals surface area contributed by atoms with Gasteiger partial charge in [-0.2, -0.15) is 0 Å². The van der Waals surface area contributed by atoms with Crippen LogP contribution in [-0.2, 0) is 9.59 Å². The molecule has 110 valence electrons. The number of rotatable bonds is 1. The highest BCUT2D eigenvalue weighted by Crippen LogP contribution is 2.44. The van der Waals surface area contributed by atoms with E-state index in [1.54, 1.807) is 0 Å². The molecule has 2 aromatic rings. The molecular formula is C18H16N2O2. The fourth-order valence-corrected chi connectivity index (χ4v) is 3.58. The fourth-order valence-electron chi connectivity index (χ4n) is 3.58. The third-order valence-electron chi connectivity index (χ3n) is 4.59. The van der Waals surface area contributed by atoms with Gasteiger partial charge in [0.1, 0.15) is 0 Å². The molecule has 2 aromatic carbocycles. The van der Waals surface area contributed by atoms with Crippen molar-refractivity contribution < 1.29 is 9.59 Å². The number of nitrogens with zero attached hydrogens (tertiary/aromatic N) is 2. The SMILES string of the molecule is CN1C[C@@H]2C(=O)N(c3ccccc3)C(=O)[C@@H]2c2ccccc21. The summed E-state index contributed by atoms with van der Waals surface area (Å²) in [7, 11) is 1.97. The Labute approximate surface area is 129 Å². The molecule has 2 heterocycles. The monoisotopic (exact) mass is 292 g/mol. The van der Waals surface area contributed by atoms with E-state index in [9.17, 15) is 9.59 Å². The Bertz CT molecular complexity index is 757. The molecule has 0 bridgehead atoms. The van der Waals surface area contributed by atoms with E-state index in [-0.39, 0.29) is 23.7 Å². The van der Waals surface area contributed by atoms with Gasteiger partial charge in [-0.3, -0.25) is 9.59 Å². The Hall–Kier alpha value is -2.62. The molecule has 0 N–H and O–H groups in total. The third-order valence-corrected chi connectivity index (χ3v) is 4.59. The topological polar surface area (TPSA) is 40.6 Å². The first kappa shape index (κ1) is 13.1. The van der Waals surface area contributed by atoms with E-state index in [2.05, 4.69) is 4.90 Å². The number of benzene rings is 2. The lowest BCUT2D eigenvalue weighted by atomic mass is 9.83. The van der Waals surface area contributed by atoms with Crippen LogP contribution in [0.4, 0.5) is 11.4 Å². The van der Waals surface area contributed by atoms with E-state index in [1.165, 1.54) is 4.90 Å². The predicted molar refractivity (Wildman–Crippen MR) is 84.9 cm³/mol. The molecule has 1 fully saturated rings. The molecular weight excluding hydrogens is 276 g/mol. The third kappa shape index (κ3) is 1.70. The highest BCUT2D eigenvalue weighted by atomic mass is 16.2. The summed E-state index contributed by atoms with van der Waals surface area (Å²) in [6.45, 7) is 0.579. The van der Waals surface area contributed by atoms with Crippen molar-refractivity contribution in [2.45, 2.75) is 5.92 Å². The van der Waals surface area contributed by atoms with Crippen molar-refractivity contribution in [3.63, 3.8) is 0 Å². The number of hydrogen-bond acceptors (Lipinski definition) is 3. The van der Waals surface area contributed by atoms with Gasteiger partial charge in [-0.1, -0.05) is 36.4 Å². The lowest BCUT2D eigenvalue weighted by Gasteiger charge is -2.33. The van der Waals surface area contributed by atoms with Gasteiger partial charge in [0.2, 0.25) is 11.8 Å². The summed E-state index contributed by atoms with van der Waals surface area (Å²) >= 11 is 0. The number of hydrogen-bond donors (Lipinski definition) is 0. The molecule has 22 heavy (non-hydrogen) atoms. The van der Waals surface area contributed by atoms with Gasteiger partial charge in [0.05, 0.1) is 17.5 Å².